The van der Waals surface area contributed by atoms with Crippen molar-refractivity contribution in [3.8, 4) is 6.07 Å². The zero-order valence-electron chi connectivity index (χ0n) is 14.7. The number of carbonyl (C=O) groups is 2. The van der Waals surface area contributed by atoms with Crippen molar-refractivity contribution < 1.29 is 18.4 Å². The fourth-order valence-corrected chi connectivity index (χ4v) is 3.15. The maximum Gasteiger partial charge on any atom is 0.322 e. The molecule has 1 heterocycles. The Morgan fingerprint density at radius 2 is 2.11 bits per heavy atom. The fourth-order valence-electron chi connectivity index (χ4n) is 2.95. The van der Waals surface area contributed by atoms with Crippen molar-refractivity contribution in [3.63, 3.8) is 0 Å². The van der Waals surface area contributed by atoms with Crippen LogP contribution in [0.4, 0.5) is 19.3 Å². The van der Waals surface area contributed by atoms with Gasteiger partial charge in [-0.2, -0.15) is 5.26 Å². The van der Waals surface area contributed by atoms with Crippen molar-refractivity contribution in [2.24, 2.45) is 0 Å². The summed E-state index contributed by atoms with van der Waals surface area (Å²) in [4.78, 5) is 25.6. The molecular weight excluding hydrogens is 390 g/mol. The van der Waals surface area contributed by atoms with Gasteiger partial charge in [-0.25, -0.2) is 13.6 Å². The van der Waals surface area contributed by atoms with Crippen LogP contribution in [0, 0.1) is 23.0 Å². The van der Waals surface area contributed by atoms with Gasteiger partial charge in [0.05, 0.1) is 29.9 Å². The van der Waals surface area contributed by atoms with Crippen LogP contribution in [0.5, 0.6) is 0 Å². The molecule has 0 spiro atoms. The van der Waals surface area contributed by atoms with Gasteiger partial charge in [-0.15, -0.1) is 0 Å². The van der Waals surface area contributed by atoms with E-state index in [0.29, 0.717) is 0 Å². The molecule has 2 aromatic carbocycles. The smallest absolute Gasteiger partial charge is 0.322 e. The molecule has 0 saturated heterocycles. The Bertz CT molecular complexity index is 1010. The minimum absolute atomic E-state index is 0.100. The number of nitrogens with one attached hydrogen (secondary N) is 2. The lowest BCUT2D eigenvalue weighted by atomic mass is 10.1. The highest BCUT2D eigenvalue weighted by Gasteiger charge is 2.27. The van der Waals surface area contributed by atoms with Gasteiger partial charge in [-0.05, 0) is 31.2 Å². The highest BCUT2D eigenvalue weighted by molar-refractivity contribution is 6.31. The minimum Gasteiger partial charge on any atom is -0.348 e. The highest BCUT2D eigenvalue weighted by atomic mass is 35.5. The summed E-state index contributed by atoms with van der Waals surface area (Å²) in [6.45, 7) is 1.14. The number of hydrogen-bond acceptors (Lipinski definition) is 3. The number of carbonyl (C=O) groups excluding carboxylic acids is 2. The lowest BCUT2D eigenvalue weighted by Crippen LogP contribution is -2.45. The van der Waals surface area contributed by atoms with E-state index in [9.17, 15) is 18.4 Å². The molecule has 0 aliphatic carbocycles. The molecule has 9 heteroatoms. The summed E-state index contributed by atoms with van der Waals surface area (Å²) >= 11 is 5.78. The molecule has 1 atom stereocenters. The first-order chi connectivity index (χ1) is 13.3. The van der Waals surface area contributed by atoms with E-state index in [1.165, 1.54) is 18.2 Å². The second kappa shape index (κ2) is 7.82. The SMILES string of the molecule is C[C@H](NC(=O)CN1Cc2c(F)cc(Cl)cc2NC1=O)c1ccc(C#N)cc1F. The normalized spacial score (nSPS) is 14.0. The average molecular weight is 405 g/mol. The molecule has 0 radical (unpaired) electrons. The number of amides is 3. The largest absolute Gasteiger partial charge is 0.348 e. The van der Waals surface area contributed by atoms with Crippen molar-refractivity contribution in [3.05, 3.63) is 63.7 Å². The second-order valence-electron chi connectivity index (χ2n) is 6.34. The molecule has 6 nitrogen and oxygen atoms in total. The van der Waals surface area contributed by atoms with Gasteiger partial charge >= 0.3 is 6.03 Å². The maximum absolute atomic E-state index is 14.1. The summed E-state index contributed by atoms with van der Waals surface area (Å²) < 4.78 is 28.2. The summed E-state index contributed by atoms with van der Waals surface area (Å²) in [5.74, 6) is -1.74. The summed E-state index contributed by atoms with van der Waals surface area (Å²) in [5.41, 5.74) is 0.870. The van der Waals surface area contributed by atoms with Gasteiger partial charge in [0.25, 0.3) is 0 Å². The predicted octanol–water partition coefficient (Wildman–Crippen LogP) is 3.71. The number of urea groups is 1. The summed E-state index contributed by atoms with van der Waals surface area (Å²) in [6, 6.07) is 7.10. The van der Waals surface area contributed by atoms with E-state index in [2.05, 4.69) is 10.6 Å². The van der Waals surface area contributed by atoms with Crippen LogP contribution in [0.2, 0.25) is 5.02 Å². The lowest BCUT2D eigenvalue weighted by Gasteiger charge is -2.29. The zero-order chi connectivity index (χ0) is 20.4. The van der Waals surface area contributed by atoms with Crippen molar-refractivity contribution in [2.45, 2.75) is 19.5 Å². The molecule has 0 aromatic heterocycles. The molecule has 3 amide bonds. The lowest BCUT2D eigenvalue weighted by molar-refractivity contribution is -0.122. The second-order valence-corrected chi connectivity index (χ2v) is 6.77. The molecule has 1 aliphatic heterocycles. The van der Waals surface area contributed by atoms with E-state index in [1.807, 2.05) is 6.07 Å². The molecule has 3 rings (SSSR count). The van der Waals surface area contributed by atoms with E-state index < -0.39 is 29.6 Å². The molecule has 0 fully saturated rings. The number of halogens is 3. The Morgan fingerprint density at radius 1 is 1.36 bits per heavy atom. The molecule has 2 aromatic rings. The van der Waals surface area contributed by atoms with Gasteiger partial charge < -0.3 is 15.5 Å². The van der Waals surface area contributed by atoms with Crippen molar-refractivity contribution in [1.29, 1.82) is 5.26 Å². The van der Waals surface area contributed by atoms with Gasteiger partial charge in [-0.3, -0.25) is 4.79 Å². The number of anilines is 1. The van der Waals surface area contributed by atoms with E-state index in [1.54, 1.807) is 6.92 Å². The van der Waals surface area contributed by atoms with Gasteiger partial charge in [0.15, 0.2) is 0 Å². The van der Waals surface area contributed by atoms with Crippen molar-refractivity contribution >= 4 is 29.2 Å². The molecule has 0 unspecified atom stereocenters. The molecule has 1 aliphatic rings. The number of nitriles is 1. The van der Waals surface area contributed by atoms with Crippen LogP contribution in [0.15, 0.2) is 30.3 Å². The molecule has 2 N–H and O–H groups in total. The third kappa shape index (κ3) is 4.05. The molecule has 144 valence electrons. The first kappa shape index (κ1) is 19.6. The van der Waals surface area contributed by atoms with Crippen LogP contribution < -0.4 is 10.6 Å². The first-order valence-corrected chi connectivity index (χ1v) is 8.69. The van der Waals surface area contributed by atoms with Crippen LogP contribution in [0.25, 0.3) is 0 Å². The average Bonchev–Trinajstić information content (AvgIpc) is 2.62. The van der Waals surface area contributed by atoms with E-state index in [4.69, 9.17) is 16.9 Å². The minimum atomic E-state index is -0.684. The van der Waals surface area contributed by atoms with Gasteiger partial charge in [0.1, 0.15) is 18.2 Å². The zero-order valence-corrected chi connectivity index (χ0v) is 15.5. The third-order valence-electron chi connectivity index (χ3n) is 4.35. The summed E-state index contributed by atoms with van der Waals surface area (Å²) in [6.07, 6.45) is 0. The first-order valence-electron chi connectivity index (χ1n) is 8.31. The molecular formula is C19H15ClF2N4O2. The van der Waals surface area contributed by atoms with Gasteiger partial charge in [0, 0.05) is 16.1 Å². The number of rotatable bonds is 4. The maximum atomic E-state index is 14.1. The van der Waals surface area contributed by atoms with Crippen LogP contribution in [0.1, 0.15) is 29.7 Å². The summed E-state index contributed by atoms with van der Waals surface area (Å²) in [5, 5.41) is 14.0. The van der Waals surface area contributed by atoms with Gasteiger partial charge in [0.2, 0.25) is 5.91 Å². The van der Waals surface area contributed by atoms with E-state index in [-0.39, 0.29) is 40.5 Å². The van der Waals surface area contributed by atoms with E-state index in [0.717, 1.165) is 17.0 Å². The van der Waals surface area contributed by atoms with Crippen LogP contribution >= 0.6 is 11.6 Å². The predicted molar refractivity (Wildman–Crippen MR) is 98.5 cm³/mol. The van der Waals surface area contributed by atoms with Crippen LogP contribution in [0.3, 0.4) is 0 Å². The Kier molecular flexibility index (Phi) is 5.47. The molecule has 0 saturated carbocycles. The Labute approximate surface area is 164 Å². The fraction of sp³-hybridized carbons (Fsp3) is 0.211. The number of benzene rings is 2. The van der Waals surface area contributed by atoms with Crippen molar-refractivity contribution in [2.75, 3.05) is 11.9 Å². The number of hydrogen-bond donors (Lipinski definition) is 2. The third-order valence-corrected chi connectivity index (χ3v) is 4.56. The number of fused-ring (bicyclic) bond motifs is 1. The Hall–Kier alpha value is -3.18. The number of nitrogens with zero attached hydrogens (tertiary/aromatic N) is 2. The highest BCUT2D eigenvalue weighted by Crippen LogP contribution is 2.29. The molecule has 0 bridgehead atoms. The van der Waals surface area contributed by atoms with Crippen LogP contribution in [-0.4, -0.2) is 23.4 Å². The molecule has 28 heavy (non-hydrogen) atoms. The standard InChI is InChI=1S/C19H15ClF2N4O2/c1-10(13-3-2-11(7-23)4-15(13)21)24-18(27)9-26-8-14-16(22)5-12(20)6-17(14)25-19(26)28/h2-6,10H,8-9H2,1H3,(H,24,27)(H,25,28)/t10-/m0/s1. The Morgan fingerprint density at radius 3 is 2.79 bits per heavy atom. The van der Waals surface area contributed by atoms with Crippen LogP contribution in [-0.2, 0) is 11.3 Å². The monoisotopic (exact) mass is 404 g/mol. The van der Waals surface area contributed by atoms with E-state index >= 15 is 0 Å². The van der Waals surface area contributed by atoms with Crippen molar-refractivity contribution in [1.82, 2.24) is 10.2 Å². The Balaban J connectivity index is 1.68. The summed E-state index contributed by atoms with van der Waals surface area (Å²) in [7, 11) is 0. The van der Waals surface area contributed by atoms with Gasteiger partial charge in [-0.1, -0.05) is 17.7 Å². The quantitative estimate of drug-likeness (QED) is 0.814. The topological polar surface area (TPSA) is 85.2 Å².